The number of hydrogen-bond acceptors (Lipinski definition) is 4. The van der Waals surface area contributed by atoms with E-state index in [0.717, 1.165) is 67.6 Å². The van der Waals surface area contributed by atoms with E-state index in [1.54, 1.807) is 36.7 Å². The normalized spacial score (nSPS) is 17.9. The molecule has 0 spiro atoms. The molecular formula is C33H32F3N3O2. The molecule has 0 saturated carbocycles. The van der Waals surface area contributed by atoms with Gasteiger partial charge in [-0.15, -0.1) is 0 Å². The molecular weight excluding hydrogens is 527 g/mol. The highest BCUT2D eigenvalue weighted by molar-refractivity contribution is 5.98. The zero-order valence-electron chi connectivity index (χ0n) is 22.8. The third-order valence-electron chi connectivity index (χ3n) is 8.69. The second-order valence-electron chi connectivity index (χ2n) is 11.4. The van der Waals surface area contributed by atoms with Gasteiger partial charge in [-0.3, -0.25) is 19.5 Å². The number of carbonyl (C=O) groups excluding carboxylic acids is 2. The zero-order valence-corrected chi connectivity index (χ0v) is 22.8. The molecule has 212 valence electrons. The third kappa shape index (κ3) is 5.98. The van der Waals surface area contributed by atoms with Crippen molar-refractivity contribution in [1.82, 2.24) is 14.8 Å². The Morgan fingerprint density at radius 1 is 0.902 bits per heavy atom. The van der Waals surface area contributed by atoms with Crippen LogP contribution in [0.4, 0.5) is 13.2 Å². The van der Waals surface area contributed by atoms with Gasteiger partial charge in [0.25, 0.3) is 5.91 Å². The number of nitrogens with zero attached hydrogens (tertiary/aromatic N) is 3. The summed E-state index contributed by atoms with van der Waals surface area (Å²) in [6.45, 7) is 3.47. The van der Waals surface area contributed by atoms with Crippen LogP contribution in [0.2, 0.25) is 0 Å². The minimum Gasteiger partial charge on any atom is -0.339 e. The summed E-state index contributed by atoms with van der Waals surface area (Å²) in [4.78, 5) is 34.2. The molecule has 1 fully saturated rings. The average molecular weight is 560 g/mol. The molecule has 2 aliphatic heterocycles. The van der Waals surface area contributed by atoms with Crippen LogP contribution in [0.3, 0.4) is 0 Å². The lowest BCUT2D eigenvalue weighted by molar-refractivity contribution is -0.137. The lowest BCUT2D eigenvalue weighted by Gasteiger charge is -2.32. The summed E-state index contributed by atoms with van der Waals surface area (Å²) < 4.78 is 38.8. The summed E-state index contributed by atoms with van der Waals surface area (Å²) in [5.41, 5.74) is 6.64. The molecule has 0 radical (unpaired) electrons. The molecule has 1 aliphatic carbocycles. The number of piperidine rings is 1. The van der Waals surface area contributed by atoms with E-state index in [4.69, 9.17) is 0 Å². The first kappa shape index (κ1) is 27.4. The second kappa shape index (κ2) is 11.2. The molecule has 0 N–H and O–H groups in total. The number of hydrogen-bond donors (Lipinski definition) is 0. The van der Waals surface area contributed by atoms with Crippen molar-refractivity contribution >= 4 is 17.3 Å². The van der Waals surface area contributed by atoms with Crippen LogP contribution in [-0.4, -0.2) is 52.7 Å². The van der Waals surface area contributed by atoms with E-state index in [9.17, 15) is 22.8 Å². The fourth-order valence-corrected chi connectivity index (χ4v) is 6.33. The predicted octanol–water partition coefficient (Wildman–Crippen LogP) is 6.44. The van der Waals surface area contributed by atoms with Gasteiger partial charge >= 0.3 is 6.18 Å². The summed E-state index contributed by atoms with van der Waals surface area (Å²) in [7, 11) is 0. The maximum absolute atomic E-state index is 13.3. The number of halogens is 3. The van der Waals surface area contributed by atoms with Crippen molar-refractivity contribution in [2.45, 2.75) is 44.8 Å². The second-order valence-corrected chi connectivity index (χ2v) is 11.4. The predicted molar refractivity (Wildman–Crippen MR) is 150 cm³/mol. The molecule has 0 atom stereocenters. The number of alkyl halides is 3. The first-order chi connectivity index (χ1) is 19.7. The quantitative estimate of drug-likeness (QED) is 0.326. The van der Waals surface area contributed by atoms with Gasteiger partial charge in [0.1, 0.15) is 0 Å². The van der Waals surface area contributed by atoms with Crippen LogP contribution in [0.25, 0.3) is 5.57 Å². The average Bonchev–Trinajstić information content (AvgIpc) is 3.35. The van der Waals surface area contributed by atoms with Gasteiger partial charge in [-0.25, -0.2) is 0 Å². The Kier molecular flexibility index (Phi) is 7.51. The van der Waals surface area contributed by atoms with Crippen LogP contribution in [0.1, 0.15) is 68.7 Å². The molecule has 3 aliphatic rings. The number of amides is 1. The number of carbonyl (C=O) groups is 2. The van der Waals surface area contributed by atoms with E-state index >= 15 is 0 Å². The van der Waals surface area contributed by atoms with Gasteiger partial charge in [0.2, 0.25) is 0 Å². The van der Waals surface area contributed by atoms with Gasteiger partial charge in [0.15, 0.2) is 5.78 Å². The van der Waals surface area contributed by atoms with Crippen LogP contribution in [0, 0.1) is 5.92 Å². The van der Waals surface area contributed by atoms with E-state index in [2.05, 4.69) is 16.0 Å². The highest BCUT2D eigenvalue weighted by Gasteiger charge is 2.31. The molecule has 41 heavy (non-hydrogen) atoms. The molecule has 8 heteroatoms. The van der Waals surface area contributed by atoms with Crippen LogP contribution in [-0.2, 0) is 19.1 Å². The molecule has 3 aromatic rings. The molecule has 0 unspecified atom stereocenters. The van der Waals surface area contributed by atoms with Crippen LogP contribution in [0.15, 0.2) is 72.6 Å². The first-order valence-corrected chi connectivity index (χ1v) is 14.2. The number of pyridine rings is 1. The molecule has 2 aromatic carbocycles. The fraction of sp³-hybridized carbons (Fsp3) is 0.364. The summed E-state index contributed by atoms with van der Waals surface area (Å²) in [5, 5.41) is 0. The van der Waals surface area contributed by atoms with Crippen LogP contribution < -0.4 is 0 Å². The van der Waals surface area contributed by atoms with Crippen molar-refractivity contribution in [2.24, 2.45) is 5.92 Å². The SMILES string of the molecule is O=C(CC1CCN(C(=O)c2ccncc2)CC1)c1ccc2c(c1)C1=C(CCN(Cc3ccc(C(F)(F)F)cc3)C1)C2. The lowest BCUT2D eigenvalue weighted by Crippen LogP contribution is -2.38. The Balaban J connectivity index is 1.07. The minimum absolute atomic E-state index is 0.0136. The molecule has 1 amide bonds. The highest BCUT2D eigenvalue weighted by Crippen LogP contribution is 2.39. The molecule has 3 heterocycles. The number of ketones is 1. The zero-order chi connectivity index (χ0) is 28.6. The van der Waals surface area contributed by atoms with E-state index in [1.807, 2.05) is 17.0 Å². The number of likely N-dealkylation sites (tertiary alicyclic amines) is 1. The summed E-state index contributed by atoms with van der Waals surface area (Å²) in [5.74, 6) is 0.402. The van der Waals surface area contributed by atoms with Crippen LogP contribution >= 0.6 is 0 Å². The van der Waals surface area contributed by atoms with Crippen molar-refractivity contribution < 1.29 is 22.8 Å². The summed E-state index contributed by atoms with van der Waals surface area (Å²) in [6, 6.07) is 14.9. The largest absolute Gasteiger partial charge is 0.416 e. The van der Waals surface area contributed by atoms with Gasteiger partial charge in [-0.05, 0) is 84.2 Å². The maximum Gasteiger partial charge on any atom is 0.416 e. The van der Waals surface area contributed by atoms with Crippen molar-refractivity contribution in [3.63, 3.8) is 0 Å². The molecule has 1 aromatic heterocycles. The topological polar surface area (TPSA) is 53.5 Å². The Morgan fingerprint density at radius 3 is 2.34 bits per heavy atom. The first-order valence-electron chi connectivity index (χ1n) is 14.2. The number of fused-ring (bicyclic) bond motifs is 2. The Labute approximate surface area is 237 Å². The summed E-state index contributed by atoms with van der Waals surface area (Å²) >= 11 is 0. The van der Waals surface area contributed by atoms with Crippen molar-refractivity contribution in [3.8, 4) is 0 Å². The summed E-state index contributed by atoms with van der Waals surface area (Å²) in [6.07, 6.45) is 2.83. The maximum atomic E-state index is 13.3. The van der Waals surface area contributed by atoms with Gasteiger partial charge in [-0.1, -0.05) is 29.8 Å². The molecule has 0 bridgehead atoms. The van der Waals surface area contributed by atoms with Crippen molar-refractivity contribution in [1.29, 1.82) is 0 Å². The molecule has 5 nitrogen and oxygen atoms in total. The van der Waals surface area contributed by atoms with Gasteiger partial charge in [0.05, 0.1) is 5.56 Å². The van der Waals surface area contributed by atoms with Crippen molar-refractivity contribution in [2.75, 3.05) is 26.2 Å². The monoisotopic (exact) mass is 559 g/mol. The lowest BCUT2D eigenvalue weighted by atomic mass is 9.88. The number of rotatable bonds is 6. The van der Waals surface area contributed by atoms with Crippen molar-refractivity contribution in [3.05, 3.63) is 106 Å². The molecule has 1 saturated heterocycles. The number of Topliss-reactive ketones (excluding diaryl/α,β-unsaturated/α-hetero) is 1. The van der Waals surface area contributed by atoms with Crippen LogP contribution in [0.5, 0.6) is 0 Å². The minimum atomic E-state index is -4.33. The standard InChI is InChI=1S/C33H32F3N3O2/c34-33(35,36)28-5-1-23(2-6-28)20-38-14-11-26-18-25-3-4-27(19-29(25)30(26)21-38)31(40)17-22-9-15-39(16-10-22)32(41)24-7-12-37-13-8-24/h1-8,12-13,19,22H,9-11,14-18,20-21H2. The van der Waals surface area contributed by atoms with Gasteiger partial charge < -0.3 is 4.90 Å². The Hall–Kier alpha value is -3.78. The Bertz CT molecular complexity index is 1470. The Morgan fingerprint density at radius 2 is 1.63 bits per heavy atom. The van der Waals surface area contributed by atoms with E-state index < -0.39 is 11.7 Å². The van der Waals surface area contributed by atoms with E-state index in [1.165, 1.54) is 16.7 Å². The third-order valence-corrected chi connectivity index (χ3v) is 8.69. The number of benzene rings is 2. The fourth-order valence-electron chi connectivity index (χ4n) is 6.33. The van der Waals surface area contributed by atoms with Gasteiger partial charge in [-0.2, -0.15) is 13.2 Å². The highest BCUT2D eigenvalue weighted by atomic mass is 19.4. The number of aromatic nitrogens is 1. The van der Waals surface area contributed by atoms with E-state index in [0.29, 0.717) is 31.6 Å². The molecule has 6 rings (SSSR count). The van der Waals surface area contributed by atoms with E-state index in [-0.39, 0.29) is 17.6 Å². The smallest absolute Gasteiger partial charge is 0.339 e. The van der Waals surface area contributed by atoms with Gasteiger partial charge in [0, 0.05) is 62.7 Å².